The molecule has 0 saturated carbocycles. The van der Waals surface area contributed by atoms with Crippen LogP contribution in [-0.2, 0) is 16.1 Å². The fourth-order valence-electron chi connectivity index (χ4n) is 2.55. The van der Waals surface area contributed by atoms with E-state index in [0.29, 0.717) is 26.2 Å². The van der Waals surface area contributed by atoms with Crippen LogP contribution >= 0.6 is 15.9 Å². The van der Waals surface area contributed by atoms with E-state index in [1.807, 2.05) is 24.3 Å². The van der Waals surface area contributed by atoms with E-state index >= 15 is 0 Å². The van der Waals surface area contributed by atoms with Crippen molar-refractivity contribution in [3.8, 4) is 0 Å². The highest BCUT2D eigenvalue weighted by atomic mass is 79.9. The van der Waals surface area contributed by atoms with Gasteiger partial charge in [0.15, 0.2) is 0 Å². The Hall–Kier alpha value is -1.56. The van der Waals surface area contributed by atoms with Gasteiger partial charge in [0.1, 0.15) is 0 Å². The molecule has 0 aliphatic carbocycles. The first kappa shape index (κ1) is 16.8. The minimum absolute atomic E-state index is 0.131. The molecule has 1 atom stereocenters. The fourth-order valence-corrected chi connectivity index (χ4v) is 3.00. The highest BCUT2D eigenvalue weighted by molar-refractivity contribution is 9.10. The number of likely N-dealkylation sites (tertiary alicyclic amines) is 1. The first-order chi connectivity index (χ1) is 10.6. The predicted molar refractivity (Wildman–Crippen MR) is 87.3 cm³/mol. The van der Waals surface area contributed by atoms with E-state index in [1.54, 1.807) is 11.8 Å². The van der Waals surface area contributed by atoms with Crippen LogP contribution in [0.5, 0.6) is 0 Å². The Bertz CT molecular complexity index is 536. The second kappa shape index (κ2) is 8.17. The van der Waals surface area contributed by atoms with Crippen LogP contribution < -0.4 is 5.32 Å². The van der Waals surface area contributed by atoms with Crippen molar-refractivity contribution < 1.29 is 14.3 Å². The number of nitrogens with zero attached hydrogens (tertiary/aromatic N) is 1. The van der Waals surface area contributed by atoms with Crippen molar-refractivity contribution in [3.05, 3.63) is 34.3 Å². The maximum Gasteiger partial charge on any atom is 0.317 e. The van der Waals surface area contributed by atoms with E-state index in [9.17, 15) is 9.59 Å². The lowest BCUT2D eigenvalue weighted by Gasteiger charge is -2.31. The molecule has 1 heterocycles. The molecule has 0 radical (unpaired) electrons. The molecule has 0 aromatic heterocycles. The number of esters is 1. The molecule has 1 unspecified atom stereocenters. The van der Waals surface area contributed by atoms with Crippen molar-refractivity contribution in [2.75, 3.05) is 19.7 Å². The molecule has 1 aromatic carbocycles. The van der Waals surface area contributed by atoms with E-state index in [2.05, 4.69) is 21.2 Å². The summed E-state index contributed by atoms with van der Waals surface area (Å²) in [6.07, 6.45) is 1.61. The summed E-state index contributed by atoms with van der Waals surface area (Å²) < 4.78 is 6.04. The lowest BCUT2D eigenvalue weighted by atomic mass is 9.98. The summed E-state index contributed by atoms with van der Waals surface area (Å²) in [5.41, 5.74) is 1.03. The molecule has 1 saturated heterocycles. The van der Waals surface area contributed by atoms with E-state index in [1.165, 1.54) is 0 Å². The van der Waals surface area contributed by atoms with Crippen LogP contribution in [0.4, 0.5) is 4.79 Å². The van der Waals surface area contributed by atoms with Crippen LogP contribution in [-0.4, -0.2) is 36.6 Å². The molecule has 6 heteroatoms. The monoisotopic (exact) mass is 368 g/mol. The number of urea groups is 1. The van der Waals surface area contributed by atoms with Crippen LogP contribution in [0.15, 0.2) is 28.7 Å². The second-order valence-corrected chi connectivity index (χ2v) is 6.24. The standard InChI is InChI=1S/C16H21BrN2O3/c1-2-22-15(20)13-6-4-8-19(11-13)16(21)18-10-12-5-3-7-14(17)9-12/h3,5,7,9,13H,2,4,6,8,10-11H2,1H3,(H,18,21). The van der Waals surface area contributed by atoms with Crippen molar-refractivity contribution in [1.82, 2.24) is 10.2 Å². The molecule has 1 aromatic rings. The number of hydrogen-bond acceptors (Lipinski definition) is 3. The Morgan fingerprint density at radius 3 is 3.00 bits per heavy atom. The number of benzene rings is 1. The van der Waals surface area contributed by atoms with Crippen LogP contribution in [0, 0.1) is 5.92 Å². The van der Waals surface area contributed by atoms with Crippen molar-refractivity contribution in [1.29, 1.82) is 0 Å². The van der Waals surface area contributed by atoms with Gasteiger partial charge in [0, 0.05) is 24.1 Å². The number of carbonyl (C=O) groups excluding carboxylic acids is 2. The summed E-state index contributed by atoms with van der Waals surface area (Å²) in [5, 5.41) is 2.90. The quantitative estimate of drug-likeness (QED) is 0.831. The van der Waals surface area contributed by atoms with Crippen LogP contribution in [0.1, 0.15) is 25.3 Å². The number of halogens is 1. The molecular formula is C16H21BrN2O3. The Morgan fingerprint density at radius 1 is 1.45 bits per heavy atom. The summed E-state index contributed by atoms with van der Waals surface area (Å²) in [6.45, 7) is 3.76. The molecule has 120 valence electrons. The lowest BCUT2D eigenvalue weighted by molar-refractivity contribution is -0.149. The van der Waals surface area contributed by atoms with E-state index in [4.69, 9.17) is 4.74 Å². The normalized spacial score (nSPS) is 17.9. The first-order valence-corrected chi connectivity index (χ1v) is 8.33. The molecule has 1 N–H and O–H groups in total. The summed E-state index contributed by atoms with van der Waals surface area (Å²) in [7, 11) is 0. The molecule has 5 nitrogen and oxygen atoms in total. The highest BCUT2D eigenvalue weighted by Crippen LogP contribution is 2.18. The van der Waals surface area contributed by atoms with Gasteiger partial charge in [0.2, 0.25) is 0 Å². The van der Waals surface area contributed by atoms with Gasteiger partial charge in [-0.1, -0.05) is 28.1 Å². The summed E-state index contributed by atoms with van der Waals surface area (Å²) in [5.74, 6) is -0.405. The minimum Gasteiger partial charge on any atom is -0.466 e. The van der Waals surface area contributed by atoms with Gasteiger partial charge >= 0.3 is 12.0 Å². The van der Waals surface area contributed by atoms with E-state index in [-0.39, 0.29) is 17.9 Å². The number of piperidine rings is 1. The average molecular weight is 369 g/mol. The largest absolute Gasteiger partial charge is 0.466 e. The van der Waals surface area contributed by atoms with Gasteiger partial charge in [0.05, 0.1) is 12.5 Å². The number of nitrogens with one attached hydrogen (secondary N) is 1. The van der Waals surface area contributed by atoms with Crippen LogP contribution in [0.2, 0.25) is 0 Å². The van der Waals surface area contributed by atoms with Gasteiger partial charge < -0.3 is 15.0 Å². The van der Waals surface area contributed by atoms with Crippen molar-refractivity contribution in [3.63, 3.8) is 0 Å². The molecule has 1 aliphatic heterocycles. The van der Waals surface area contributed by atoms with Crippen molar-refractivity contribution in [2.24, 2.45) is 5.92 Å². The zero-order valence-electron chi connectivity index (χ0n) is 12.7. The molecule has 22 heavy (non-hydrogen) atoms. The minimum atomic E-state index is -0.203. The zero-order valence-corrected chi connectivity index (χ0v) is 14.3. The van der Waals surface area contributed by atoms with Gasteiger partial charge in [0.25, 0.3) is 0 Å². The number of carbonyl (C=O) groups is 2. The fraction of sp³-hybridized carbons (Fsp3) is 0.500. The Morgan fingerprint density at radius 2 is 2.27 bits per heavy atom. The smallest absolute Gasteiger partial charge is 0.317 e. The maximum absolute atomic E-state index is 12.2. The third-order valence-corrected chi connectivity index (χ3v) is 4.15. The van der Waals surface area contributed by atoms with E-state index < -0.39 is 0 Å². The third-order valence-electron chi connectivity index (χ3n) is 3.66. The lowest BCUT2D eigenvalue weighted by Crippen LogP contribution is -2.47. The average Bonchev–Trinajstić information content (AvgIpc) is 2.53. The summed E-state index contributed by atoms with van der Waals surface area (Å²) in [4.78, 5) is 25.7. The van der Waals surface area contributed by atoms with E-state index in [0.717, 1.165) is 22.9 Å². The molecule has 0 bridgehead atoms. The SMILES string of the molecule is CCOC(=O)C1CCCN(C(=O)NCc2cccc(Br)c2)C1. The number of hydrogen-bond donors (Lipinski definition) is 1. The number of amides is 2. The molecule has 2 rings (SSSR count). The van der Waals surface area contributed by atoms with Gasteiger partial charge in [-0.05, 0) is 37.5 Å². The topological polar surface area (TPSA) is 58.6 Å². The second-order valence-electron chi connectivity index (χ2n) is 5.33. The van der Waals surface area contributed by atoms with Gasteiger partial charge in [-0.2, -0.15) is 0 Å². The van der Waals surface area contributed by atoms with Crippen molar-refractivity contribution in [2.45, 2.75) is 26.3 Å². The van der Waals surface area contributed by atoms with Crippen LogP contribution in [0.3, 0.4) is 0 Å². The molecule has 0 spiro atoms. The van der Waals surface area contributed by atoms with Crippen molar-refractivity contribution >= 4 is 27.9 Å². The van der Waals surface area contributed by atoms with Crippen LogP contribution in [0.25, 0.3) is 0 Å². The Kier molecular flexibility index (Phi) is 6.24. The molecule has 1 fully saturated rings. The van der Waals surface area contributed by atoms with Gasteiger partial charge in [-0.25, -0.2) is 4.79 Å². The molecular weight excluding hydrogens is 348 g/mol. The summed E-state index contributed by atoms with van der Waals surface area (Å²) in [6, 6.07) is 7.68. The number of ether oxygens (including phenoxy) is 1. The highest BCUT2D eigenvalue weighted by Gasteiger charge is 2.29. The zero-order chi connectivity index (χ0) is 15.9. The summed E-state index contributed by atoms with van der Waals surface area (Å²) >= 11 is 3.41. The van der Waals surface area contributed by atoms with Gasteiger partial charge in [-0.15, -0.1) is 0 Å². The Balaban J connectivity index is 1.85. The first-order valence-electron chi connectivity index (χ1n) is 7.54. The molecule has 2 amide bonds. The number of rotatable bonds is 4. The Labute approximate surface area is 139 Å². The van der Waals surface area contributed by atoms with Gasteiger partial charge in [-0.3, -0.25) is 4.79 Å². The molecule has 1 aliphatic rings. The predicted octanol–water partition coefficient (Wildman–Crippen LogP) is 2.93. The third kappa shape index (κ3) is 4.73. The maximum atomic E-state index is 12.2.